The van der Waals surface area contributed by atoms with Crippen molar-refractivity contribution < 1.29 is 0 Å². The van der Waals surface area contributed by atoms with Crippen LogP contribution >= 0.6 is 11.3 Å². The zero-order valence-electron chi connectivity index (χ0n) is 16.0. The molecule has 5 heterocycles. The monoisotopic (exact) mass is 408 g/mol. The second-order valence-corrected chi connectivity index (χ2v) is 8.07. The maximum Gasteiger partial charge on any atom is 0.161 e. The Balaban J connectivity index is 1.53. The van der Waals surface area contributed by atoms with E-state index in [0.717, 1.165) is 44.5 Å². The van der Waals surface area contributed by atoms with E-state index >= 15 is 0 Å². The molecule has 0 radical (unpaired) electrons. The highest BCUT2D eigenvalue weighted by Gasteiger charge is 2.17. The van der Waals surface area contributed by atoms with Crippen molar-refractivity contribution in [3.63, 3.8) is 0 Å². The zero-order valence-corrected chi connectivity index (χ0v) is 16.9. The van der Waals surface area contributed by atoms with Crippen LogP contribution in [0.2, 0.25) is 0 Å². The third-order valence-corrected chi connectivity index (χ3v) is 6.15. The Morgan fingerprint density at radius 2 is 1.83 bits per heavy atom. The number of aromatic nitrogens is 6. The first-order chi connectivity index (χ1) is 14.8. The molecule has 2 N–H and O–H groups in total. The van der Waals surface area contributed by atoms with Gasteiger partial charge in [-0.3, -0.25) is 10.1 Å². The molecule has 0 saturated heterocycles. The Bertz CT molecular complexity index is 1510. The van der Waals surface area contributed by atoms with Gasteiger partial charge in [-0.25, -0.2) is 9.97 Å². The molecule has 6 aromatic rings. The predicted molar refractivity (Wildman–Crippen MR) is 120 cm³/mol. The van der Waals surface area contributed by atoms with Crippen LogP contribution in [-0.2, 0) is 0 Å². The zero-order chi connectivity index (χ0) is 20.1. The molecule has 1 aromatic carbocycles. The van der Waals surface area contributed by atoms with E-state index in [0.29, 0.717) is 11.5 Å². The van der Waals surface area contributed by atoms with Gasteiger partial charge in [0.2, 0.25) is 0 Å². The van der Waals surface area contributed by atoms with Crippen molar-refractivity contribution in [3.8, 4) is 33.2 Å². The van der Waals surface area contributed by atoms with E-state index in [1.165, 1.54) is 4.88 Å². The van der Waals surface area contributed by atoms with Gasteiger partial charge in [0.15, 0.2) is 11.5 Å². The van der Waals surface area contributed by atoms with E-state index in [1.54, 1.807) is 17.5 Å². The minimum Gasteiger partial charge on any atom is -0.336 e. The summed E-state index contributed by atoms with van der Waals surface area (Å²) in [5.41, 5.74) is 8.40. The van der Waals surface area contributed by atoms with Crippen molar-refractivity contribution in [1.29, 1.82) is 0 Å². The number of imidazole rings is 1. The van der Waals surface area contributed by atoms with Crippen molar-refractivity contribution in [2.75, 3.05) is 0 Å². The highest BCUT2D eigenvalue weighted by Crippen LogP contribution is 2.33. The number of hydrogen-bond donors (Lipinski definition) is 2. The fourth-order valence-corrected chi connectivity index (χ4v) is 4.47. The highest BCUT2D eigenvalue weighted by atomic mass is 32.1. The quantitative estimate of drug-likeness (QED) is 0.399. The molecule has 5 aromatic heterocycles. The van der Waals surface area contributed by atoms with Crippen molar-refractivity contribution in [2.45, 2.75) is 6.92 Å². The van der Waals surface area contributed by atoms with Crippen LogP contribution in [0.4, 0.5) is 0 Å². The Morgan fingerprint density at radius 1 is 0.867 bits per heavy atom. The first-order valence-corrected chi connectivity index (χ1v) is 10.4. The van der Waals surface area contributed by atoms with Gasteiger partial charge in [0, 0.05) is 28.4 Å². The molecule has 0 aliphatic heterocycles. The Hall–Kier alpha value is -3.84. The number of pyridine rings is 2. The highest BCUT2D eigenvalue weighted by molar-refractivity contribution is 7.13. The van der Waals surface area contributed by atoms with Gasteiger partial charge in [0.05, 0.1) is 22.2 Å². The van der Waals surface area contributed by atoms with Gasteiger partial charge in [-0.05, 0) is 48.2 Å². The second-order valence-electron chi connectivity index (χ2n) is 7.12. The smallest absolute Gasteiger partial charge is 0.161 e. The number of aromatic amines is 2. The molecule has 6 nitrogen and oxygen atoms in total. The van der Waals surface area contributed by atoms with Gasteiger partial charge in [-0.15, -0.1) is 11.3 Å². The molecule has 30 heavy (non-hydrogen) atoms. The van der Waals surface area contributed by atoms with Gasteiger partial charge in [-0.1, -0.05) is 18.2 Å². The molecule has 0 saturated carbocycles. The molecule has 144 valence electrons. The van der Waals surface area contributed by atoms with Crippen LogP contribution in [0.1, 0.15) is 5.56 Å². The summed E-state index contributed by atoms with van der Waals surface area (Å²) in [6, 6.07) is 16.3. The molecular formula is C23H16N6S. The summed E-state index contributed by atoms with van der Waals surface area (Å²) in [5.74, 6) is 0.702. The van der Waals surface area contributed by atoms with E-state index in [1.807, 2.05) is 36.5 Å². The van der Waals surface area contributed by atoms with E-state index in [-0.39, 0.29) is 0 Å². The largest absolute Gasteiger partial charge is 0.336 e. The summed E-state index contributed by atoms with van der Waals surface area (Å²) in [6.07, 6.45) is 3.64. The third kappa shape index (κ3) is 2.63. The second kappa shape index (κ2) is 6.60. The lowest BCUT2D eigenvalue weighted by atomic mass is 10.1. The number of nitrogens with one attached hydrogen (secondary N) is 2. The number of aryl methyl sites for hydroxylation is 1. The fourth-order valence-electron chi connectivity index (χ4n) is 3.72. The van der Waals surface area contributed by atoms with E-state index < -0.39 is 0 Å². The van der Waals surface area contributed by atoms with Gasteiger partial charge in [-0.2, -0.15) is 5.10 Å². The summed E-state index contributed by atoms with van der Waals surface area (Å²) in [4.78, 5) is 18.7. The van der Waals surface area contributed by atoms with Crippen LogP contribution in [0, 0.1) is 6.92 Å². The summed E-state index contributed by atoms with van der Waals surface area (Å²) in [6.45, 7) is 2.06. The molecule has 0 aliphatic carbocycles. The molecule has 0 spiro atoms. The summed E-state index contributed by atoms with van der Waals surface area (Å²) in [5, 5.41) is 9.67. The predicted octanol–water partition coefficient (Wildman–Crippen LogP) is 5.60. The molecular weight excluding hydrogens is 392 g/mol. The van der Waals surface area contributed by atoms with Crippen LogP contribution in [0.15, 0.2) is 66.3 Å². The van der Waals surface area contributed by atoms with E-state index in [9.17, 15) is 0 Å². The van der Waals surface area contributed by atoms with Gasteiger partial charge >= 0.3 is 0 Å². The van der Waals surface area contributed by atoms with Crippen LogP contribution in [0.5, 0.6) is 0 Å². The van der Waals surface area contributed by atoms with Gasteiger partial charge in [0.25, 0.3) is 0 Å². The third-order valence-electron chi connectivity index (χ3n) is 5.25. The molecule has 7 heteroatoms. The van der Waals surface area contributed by atoms with Crippen molar-refractivity contribution in [2.24, 2.45) is 0 Å². The number of nitrogens with zero attached hydrogens (tertiary/aromatic N) is 4. The molecule has 0 atom stereocenters. The first-order valence-electron chi connectivity index (χ1n) is 9.57. The van der Waals surface area contributed by atoms with Gasteiger partial charge < -0.3 is 4.98 Å². The summed E-state index contributed by atoms with van der Waals surface area (Å²) in [7, 11) is 0. The SMILES string of the molecule is Cc1ccncc1-c1ccc2[nH]nc(-c3nc4c(-c5cccs5)cccc4[nH]3)c2n1. The molecule has 0 fully saturated rings. The maximum atomic E-state index is 4.90. The lowest BCUT2D eigenvalue weighted by Gasteiger charge is -2.04. The average molecular weight is 408 g/mol. The summed E-state index contributed by atoms with van der Waals surface area (Å²) >= 11 is 1.71. The van der Waals surface area contributed by atoms with Crippen LogP contribution < -0.4 is 0 Å². The Morgan fingerprint density at radius 3 is 2.70 bits per heavy atom. The first kappa shape index (κ1) is 17.1. The van der Waals surface area contributed by atoms with Crippen molar-refractivity contribution >= 4 is 33.4 Å². The minimum absolute atomic E-state index is 0.702. The molecule has 6 rings (SSSR count). The normalized spacial score (nSPS) is 11.5. The molecule has 0 aliphatic rings. The average Bonchev–Trinajstić information content (AvgIpc) is 3.51. The summed E-state index contributed by atoms with van der Waals surface area (Å²) < 4.78 is 0. The molecule has 0 amide bonds. The Kier molecular flexibility index (Phi) is 3.75. The lowest BCUT2D eigenvalue weighted by Crippen LogP contribution is -1.90. The van der Waals surface area contributed by atoms with Crippen LogP contribution in [-0.4, -0.2) is 30.1 Å². The Labute approximate surface area is 175 Å². The van der Waals surface area contributed by atoms with Crippen molar-refractivity contribution in [1.82, 2.24) is 30.1 Å². The standard InChI is InChI=1S/C23H16N6S/c1-13-9-10-24-12-15(13)16-7-8-18-21(25-16)22(29-28-18)23-26-17-5-2-4-14(20(17)27-23)19-6-3-11-30-19/h2-12H,1H3,(H,26,27)(H,28,29). The van der Waals surface area contributed by atoms with Crippen LogP contribution in [0.3, 0.4) is 0 Å². The lowest BCUT2D eigenvalue weighted by molar-refractivity contribution is 1.10. The van der Waals surface area contributed by atoms with E-state index in [4.69, 9.17) is 9.97 Å². The molecule has 0 bridgehead atoms. The maximum absolute atomic E-state index is 4.90. The number of benzene rings is 1. The minimum atomic E-state index is 0.702. The topological polar surface area (TPSA) is 83.1 Å². The van der Waals surface area contributed by atoms with Crippen LogP contribution in [0.25, 0.3) is 55.3 Å². The fraction of sp³-hybridized carbons (Fsp3) is 0.0435. The number of fused-ring (bicyclic) bond motifs is 2. The van der Waals surface area contributed by atoms with E-state index in [2.05, 4.69) is 50.7 Å². The van der Waals surface area contributed by atoms with Crippen molar-refractivity contribution in [3.05, 3.63) is 71.9 Å². The number of thiophene rings is 1. The number of rotatable bonds is 3. The molecule has 0 unspecified atom stereocenters. The van der Waals surface area contributed by atoms with Gasteiger partial charge in [0.1, 0.15) is 5.52 Å². The number of H-pyrrole nitrogens is 2. The number of para-hydroxylation sites is 1. The number of hydrogen-bond acceptors (Lipinski definition) is 5.